The summed E-state index contributed by atoms with van der Waals surface area (Å²) in [6.07, 6.45) is -0.740. The molecule has 60 heavy (non-hydrogen) atoms. The first kappa shape index (κ1) is 45.3. The molecule has 2 aliphatic heterocycles. The third kappa shape index (κ3) is 14.7. The Bertz CT molecular complexity index is 1680. The third-order valence-electron chi connectivity index (χ3n) is 11.1. The Morgan fingerprint density at radius 3 is 1.02 bits per heavy atom. The molecule has 12 heteroatoms. The van der Waals surface area contributed by atoms with Crippen LogP contribution in [0, 0.1) is 0 Å². The summed E-state index contributed by atoms with van der Waals surface area (Å²) in [5.41, 5.74) is 4.39. The van der Waals surface area contributed by atoms with Gasteiger partial charge in [0.15, 0.2) is 0 Å². The highest BCUT2D eigenvalue weighted by Gasteiger charge is 2.26. The molecule has 12 nitrogen and oxygen atoms in total. The lowest BCUT2D eigenvalue weighted by molar-refractivity contribution is 0.106. The largest absolute Gasteiger partial charge is 0.491 e. The van der Waals surface area contributed by atoms with E-state index in [9.17, 15) is 10.2 Å². The average Bonchev–Trinajstić information content (AvgIpc) is 4.21. The molecule has 2 aliphatic rings. The van der Waals surface area contributed by atoms with Crippen molar-refractivity contribution in [2.45, 2.75) is 62.9 Å². The Morgan fingerprint density at radius 2 is 0.733 bits per heavy atom. The summed E-state index contributed by atoms with van der Waals surface area (Å²) in [5.74, 6) is 3.18. The quantitative estimate of drug-likeness (QED) is 0.0340. The van der Waals surface area contributed by atoms with Crippen LogP contribution in [0.2, 0.25) is 0 Å². The predicted molar refractivity (Wildman–Crippen MR) is 235 cm³/mol. The van der Waals surface area contributed by atoms with Gasteiger partial charge in [-0.1, -0.05) is 76.2 Å². The number of hydrogen-bond acceptors (Lipinski definition) is 12. The summed E-state index contributed by atoms with van der Waals surface area (Å²) < 4.78 is 33.7. The van der Waals surface area contributed by atoms with Crippen molar-refractivity contribution in [3.8, 4) is 23.0 Å². The van der Waals surface area contributed by atoms with E-state index in [2.05, 4.69) is 97.5 Å². The number of hydrogen-bond donors (Lipinski definition) is 6. The van der Waals surface area contributed by atoms with Gasteiger partial charge in [0, 0.05) is 63.2 Å². The summed E-state index contributed by atoms with van der Waals surface area (Å²) in [7, 11) is 0. The molecular weight excluding hydrogens is 761 g/mol. The van der Waals surface area contributed by atoms with E-state index in [0.717, 1.165) is 75.5 Å². The van der Waals surface area contributed by atoms with Crippen molar-refractivity contribution in [2.24, 2.45) is 0 Å². The molecule has 0 amide bonds. The lowest BCUT2D eigenvalue weighted by atomic mass is 9.78. The molecule has 2 heterocycles. The zero-order valence-electron chi connectivity index (χ0n) is 35.8. The minimum absolute atomic E-state index is 0.185. The monoisotopic (exact) mass is 826 g/mol. The predicted octanol–water partition coefficient (Wildman–Crippen LogP) is 4.43. The van der Waals surface area contributed by atoms with Crippen LogP contribution in [0.1, 0.15) is 49.9 Å². The Hall–Kier alpha value is -4.24. The van der Waals surface area contributed by atoms with Crippen LogP contribution in [0.15, 0.2) is 97.1 Å². The molecule has 0 radical (unpaired) electrons. The van der Waals surface area contributed by atoms with Gasteiger partial charge in [0.25, 0.3) is 0 Å². The van der Waals surface area contributed by atoms with Crippen molar-refractivity contribution < 1.29 is 38.6 Å². The van der Waals surface area contributed by atoms with Crippen molar-refractivity contribution in [1.82, 2.24) is 21.3 Å². The van der Waals surface area contributed by atoms with Crippen molar-refractivity contribution in [2.75, 3.05) is 92.0 Å². The molecule has 0 aliphatic carbocycles. The summed E-state index contributed by atoms with van der Waals surface area (Å²) in [4.78, 5) is 0. The van der Waals surface area contributed by atoms with Gasteiger partial charge in [0.2, 0.25) is 0 Å². The first-order valence-electron chi connectivity index (χ1n) is 21.4. The van der Waals surface area contributed by atoms with E-state index in [4.69, 9.17) is 28.4 Å². The number of nitrogens with one attached hydrogen (secondary N) is 4. The Morgan fingerprint density at radius 1 is 0.467 bits per heavy atom. The Balaban J connectivity index is 0.735. The van der Waals surface area contributed by atoms with Gasteiger partial charge in [-0.25, -0.2) is 0 Å². The molecule has 0 aromatic heterocycles. The second kappa shape index (κ2) is 22.6. The van der Waals surface area contributed by atoms with Gasteiger partial charge in [-0.2, -0.15) is 0 Å². The molecule has 6 rings (SSSR count). The van der Waals surface area contributed by atoms with E-state index in [-0.39, 0.29) is 36.3 Å². The summed E-state index contributed by atoms with van der Waals surface area (Å²) in [5, 5.41) is 34.2. The Labute approximate surface area is 356 Å². The highest BCUT2D eigenvalue weighted by Crippen LogP contribution is 2.35. The second-order valence-corrected chi connectivity index (χ2v) is 16.7. The molecular formula is C48H66N4O8. The van der Waals surface area contributed by atoms with Crippen LogP contribution in [0.4, 0.5) is 0 Å². The summed E-state index contributed by atoms with van der Waals surface area (Å²) >= 11 is 0. The molecule has 4 aromatic rings. The topological polar surface area (TPSA) is 151 Å². The van der Waals surface area contributed by atoms with Crippen molar-refractivity contribution in [3.05, 3.63) is 119 Å². The first-order valence-corrected chi connectivity index (χ1v) is 21.4. The lowest BCUT2D eigenvalue weighted by Crippen LogP contribution is -2.38. The van der Waals surface area contributed by atoms with E-state index in [0.29, 0.717) is 26.3 Å². The zero-order chi connectivity index (χ0) is 42.2. The van der Waals surface area contributed by atoms with E-state index in [1.807, 2.05) is 48.5 Å². The molecule has 4 atom stereocenters. The lowest BCUT2D eigenvalue weighted by Gasteiger charge is -2.26. The van der Waals surface area contributed by atoms with Gasteiger partial charge in [0.1, 0.15) is 73.8 Å². The maximum Gasteiger partial charge on any atom is 0.119 e. The Kier molecular flexibility index (Phi) is 17.0. The van der Waals surface area contributed by atoms with Crippen LogP contribution < -0.4 is 40.2 Å². The van der Waals surface area contributed by atoms with Gasteiger partial charge in [-0.3, -0.25) is 0 Å². The van der Waals surface area contributed by atoms with Crippen molar-refractivity contribution in [1.29, 1.82) is 0 Å². The van der Waals surface area contributed by atoms with E-state index >= 15 is 0 Å². The fraction of sp³-hybridized carbons (Fsp3) is 0.500. The van der Waals surface area contributed by atoms with Crippen LogP contribution in [-0.4, -0.2) is 127 Å². The zero-order valence-corrected chi connectivity index (χ0v) is 35.8. The molecule has 2 fully saturated rings. The number of epoxide rings is 2. The SMILES string of the molecule is CC(C)(c1ccc(OCC(O)CNCCNCCNCCNCC(O)COc2ccc(C(C)(C)c3ccc(OCC4CO4)cc3)cc2)cc1)c1ccc(OCC2CO2)cc1. The molecule has 4 aromatic carbocycles. The smallest absolute Gasteiger partial charge is 0.119 e. The summed E-state index contributed by atoms with van der Waals surface area (Å²) in [6.45, 7) is 17.7. The van der Waals surface area contributed by atoms with Gasteiger partial charge in [0.05, 0.1) is 13.2 Å². The van der Waals surface area contributed by atoms with Crippen molar-refractivity contribution >= 4 is 0 Å². The summed E-state index contributed by atoms with van der Waals surface area (Å²) in [6, 6.07) is 32.7. The average molecular weight is 827 g/mol. The third-order valence-corrected chi connectivity index (χ3v) is 11.1. The fourth-order valence-corrected chi connectivity index (χ4v) is 6.73. The first-order chi connectivity index (χ1) is 29.1. The van der Waals surface area contributed by atoms with Crippen LogP contribution in [0.3, 0.4) is 0 Å². The van der Waals surface area contributed by atoms with Crippen LogP contribution in [0.25, 0.3) is 0 Å². The van der Waals surface area contributed by atoms with Crippen LogP contribution >= 0.6 is 0 Å². The molecule has 0 spiro atoms. The molecule has 0 saturated carbocycles. The van der Waals surface area contributed by atoms with E-state index < -0.39 is 12.2 Å². The van der Waals surface area contributed by atoms with Gasteiger partial charge in [-0.05, 0) is 70.8 Å². The number of aliphatic hydroxyl groups is 2. The van der Waals surface area contributed by atoms with E-state index in [1.54, 1.807) is 0 Å². The molecule has 2 saturated heterocycles. The van der Waals surface area contributed by atoms with Crippen molar-refractivity contribution in [3.63, 3.8) is 0 Å². The van der Waals surface area contributed by atoms with Crippen LogP contribution in [-0.2, 0) is 20.3 Å². The number of ether oxygens (including phenoxy) is 6. The maximum atomic E-state index is 10.4. The van der Waals surface area contributed by atoms with E-state index in [1.165, 1.54) is 22.3 Å². The van der Waals surface area contributed by atoms with Crippen LogP contribution in [0.5, 0.6) is 23.0 Å². The second-order valence-electron chi connectivity index (χ2n) is 16.7. The molecule has 4 unspecified atom stereocenters. The molecule has 0 bridgehead atoms. The van der Waals surface area contributed by atoms with Gasteiger partial charge in [-0.15, -0.1) is 0 Å². The normalized spacial score (nSPS) is 17.2. The minimum atomic E-state index is -0.610. The number of benzene rings is 4. The molecule has 6 N–H and O–H groups in total. The molecule has 326 valence electrons. The van der Waals surface area contributed by atoms with Gasteiger partial charge >= 0.3 is 0 Å². The fourth-order valence-electron chi connectivity index (χ4n) is 6.73. The highest BCUT2D eigenvalue weighted by molar-refractivity contribution is 5.43. The highest BCUT2D eigenvalue weighted by atomic mass is 16.6. The maximum absolute atomic E-state index is 10.4. The standard InChI is InChI=1S/C48H66N4O8/c1-47(2,37-9-17-43(18-10-37)57-31-45-33-59-45)35-5-13-41(14-6-35)55-29-39(53)27-51-25-23-49-21-22-50-24-26-52-28-40(54)30-56-42-15-7-36(8-16-42)48(3,4)38-11-19-44(20-12-38)58-32-46-34-60-46/h5-20,39-40,45-46,49-54H,21-34H2,1-4H3. The number of rotatable bonds is 29. The van der Waals surface area contributed by atoms with Gasteiger partial charge < -0.3 is 59.9 Å². The minimum Gasteiger partial charge on any atom is -0.491 e. The number of aliphatic hydroxyl groups excluding tert-OH is 2.